The van der Waals surface area contributed by atoms with E-state index in [0.29, 0.717) is 5.04 Å². The fraction of sp³-hybridized carbons (Fsp3) is 0.471. The van der Waals surface area contributed by atoms with Crippen LogP contribution >= 0.6 is 0 Å². The van der Waals surface area contributed by atoms with Gasteiger partial charge in [-0.2, -0.15) is 0 Å². The van der Waals surface area contributed by atoms with E-state index >= 15 is 0 Å². The molecule has 0 aliphatic rings. The van der Waals surface area contributed by atoms with Gasteiger partial charge in [0.25, 0.3) is 0 Å². The molecule has 0 atom stereocenters. The van der Waals surface area contributed by atoms with Crippen molar-refractivity contribution in [2.75, 3.05) is 0 Å². The lowest BCUT2D eigenvalue weighted by Crippen LogP contribution is -2.39. The first-order valence-corrected chi connectivity index (χ1v) is 9.72. The van der Waals surface area contributed by atoms with Crippen LogP contribution in [0.4, 0.5) is 0 Å². The van der Waals surface area contributed by atoms with E-state index in [1.165, 1.54) is 10.8 Å². The summed E-state index contributed by atoms with van der Waals surface area (Å²) in [5.41, 5.74) is 4.65. The molecule has 1 aromatic rings. The van der Waals surface area contributed by atoms with Gasteiger partial charge in [0.05, 0.1) is 8.07 Å². The summed E-state index contributed by atoms with van der Waals surface area (Å²) in [5, 5.41) is 1.84. The largest absolute Gasteiger partial charge is 0.134 e. The van der Waals surface area contributed by atoms with Crippen molar-refractivity contribution in [2.45, 2.75) is 51.7 Å². The molecule has 1 rings (SSSR count). The van der Waals surface area contributed by atoms with Crippen LogP contribution in [0, 0.1) is 0 Å². The summed E-state index contributed by atoms with van der Waals surface area (Å²) in [6, 6.07) is 10.7. The molecule has 0 fully saturated rings. The smallest absolute Gasteiger partial charge is 0.0906 e. The van der Waals surface area contributed by atoms with E-state index in [1.54, 1.807) is 0 Å². The second-order valence-electron chi connectivity index (χ2n) is 6.52. The lowest BCUT2D eigenvalue weighted by atomic mass is 10.1. The summed E-state index contributed by atoms with van der Waals surface area (Å²) in [7, 11) is -1.45. The molecule has 0 unspecified atom stereocenters. The van der Waals surface area contributed by atoms with Gasteiger partial charge in [-0.05, 0) is 28.6 Å². The fourth-order valence-corrected chi connectivity index (χ4v) is 4.09. The molecule has 0 N–H and O–H groups in total. The van der Waals surface area contributed by atoms with Gasteiger partial charge in [-0.1, -0.05) is 70.8 Å². The third kappa shape index (κ3) is 3.47. The lowest BCUT2D eigenvalue weighted by Gasteiger charge is -2.38. The molecule has 0 saturated heterocycles. The third-order valence-corrected chi connectivity index (χ3v) is 10.0. The molecule has 0 saturated carbocycles. The number of hydrogen-bond donors (Lipinski definition) is 0. The molecule has 0 heterocycles. The van der Waals surface area contributed by atoms with E-state index in [9.17, 15) is 0 Å². The molecule has 1 heteroatoms. The maximum atomic E-state index is 3.93. The first-order valence-electron chi connectivity index (χ1n) is 6.72. The van der Waals surface area contributed by atoms with Gasteiger partial charge in [-0.25, -0.2) is 0 Å². The van der Waals surface area contributed by atoms with Crippen molar-refractivity contribution in [1.82, 2.24) is 0 Å². The first-order chi connectivity index (χ1) is 8.29. The van der Waals surface area contributed by atoms with E-state index in [2.05, 4.69) is 76.5 Å². The van der Waals surface area contributed by atoms with Crippen molar-refractivity contribution in [2.24, 2.45) is 0 Å². The Morgan fingerprint density at radius 3 is 2.17 bits per heavy atom. The van der Waals surface area contributed by atoms with E-state index in [1.807, 2.05) is 0 Å². The van der Waals surface area contributed by atoms with Gasteiger partial charge in [-0.15, -0.1) is 5.73 Å². The highest BCUT2D eigenvalue weighted by Crippen LogP contribution is 2.41. The standard InChI is InChI=1S/C17H26Si/c1-7-16(18(5,6)17(2,3)4)14-13-15-11-9-8-10-12-15/h8-12H,1,13-14H2,2-6H3. The Morgan fingerprint density at radius 1 is 1.17 bits per heavy atom. The minimum atomic E-state index is -1.45. The maximum absolute atomic E-state index is 3.93. The number of hydrogen-bond acceptors (Lipinski definition) is 0. The van der Waals surface area contributed by atoms with Crippen LogP contribution in [0.3, 0.4) is 0 Å². The average Bonchev–Trinajstić information content (AvgIpc) is 2.29. The summed E-state index contributed by atoms with van der Waals surface area (Å²) in [6.45, 7) is 15.8. The predicted molar refractivity (Wildman–Crippen MR) is 84.6 cm³/mol. The summed E-state index contributed by atoms with van der Waals surface area (Å²) in [6.07, 6.45) is 2.20. The van der Waals surface area contributed by atoms with Gasteiger partial charge in [0.1, 0.15) is 0 Å². The van der Waals surface area contributed by atoms with Crippen LogP contribution in [0.25, 0.3) is 0 Å². The summed E-state index contributed by atoms with van der Waals surface area (Å²) in [5.74, 6) is 0. The normalized spacial score (nSPS) is 12.1. The Labute approximate surface area is 113 Å². The highest BCUT2D eigenvalue weighted by molar-refractivity contribution is 6.86. The van der Waals surface area contributed by atoms with Crippen LogP contribution < -0.4 is 0 Å². The Morgan fingerprint density at radius 2 is 1.72 bits per heavy atom. The summed E-state index contributed by atoms with van der Waals surface area (Å²) < 4.78 is 0. The molecule has 0 aliphatic heterocycles. The van der Waals surface area contributed by atoms with E-state index in [4.69, 9.17) is 0 Å². The zero-order valence-electron chi connectivity index (χ0n) is 12.5. The van der Waals surface area contributed by atoms with E-state index in [-0.39, 0.29) is 0 Å². The van der Waals surface area contributed by atoms with Gasteiger partial charge < -0.3 is 0 Å². The van der Waals surface area contributed by atoms with Crippen molar-refractivity contribution < 1.29 is 0 Å². The zero-order valence-corrected chi connectivity index (χ0v) is 13.5. The van der Waals surface area contributed by atoms with Crippen molar-refractivity contribution in [3.8, 4) is 0 Å². The summed E-state index contributed by atoms with van der Waals surface area (Å²) in [4.78, 5) is 0. The monoisotopic (exact) mass is 258 g/mol. The van der Waals surface area contributed by atoms with Crippen molar-refractivity contribution >= 4 is 8.07 Å². The van der Waals surface area contributed by atoms with Gasteiger partial charge in [0, 0.05) is 0 Å². The second-order valence-corrected chi connectivity index (χ2v) is 11.9. The van der Waals surface area contributed by atoms with Gasteiger partial charge in [-0.3, -0.25) is 0 Å². The Balaban J connectivity index is 2.79. The quantitative estimate of drug-likeness (QED) is 0.502. The van der Waals surface area contributed by atoms with Crippen LogP contribution in [0.1, 0.15) is 32.8 Å². The zero-order chi connectivity index (χ0) is 13.8. The van der Waals surface area contributed by atoms with Crippen molar-refractivity contribution in [1.29, 1.82) is 0 Å². The molecular formula is C17H26Si. The van der Waals surface area contributed by atoms with Crippen LogP contribution in [0.5, 0.6) is 0 Å². The Bertz CT molecular complexity index is 428. The Kier molecular flexibility index (Phi) is 4.78. The number of rotatable bonds is 4. The maximum Gasteiger partial charge on any atom is 0.0906 e. The molecule has 18 heavy (non-hydrogen) atoms. The molecule has 0 amide bonds. The van der Waals surface area contributed by atoms with Gasteiger partial charge in [0.2, 0.25) is 0 Å². The minimum Gasteiger partial charge on any atom is -0.134 e. The van der Waals surface area contributed by atoms with Crippen molar-refractivity contribution in [3.63, 3.8) is 0 Å². The molecule has 0 aromatic heterocycles. The highest BCUT2D eigenvalue weighted by Gasteiger charge is 2.38. The highest BCUT2D eigenvalue weighted by atomic mass is 28.3. The lowest BCUT2D eigenvalue weighted by molar-refractivity contribution is 0.720. The molecule has 1 aromatic carbocycles. The molecule has 0 nitrogen and oxygen atoms in total. The first kappa shape index (κ1) is 15.0. The van der Waals surface area contributed by atoms with Gasteiger partial charge in [0.15, 0.2) is 0 Å². The predicted octanol–water partition coefficient (Wildman–Crippen LogP) is 5.38. The number of benzene rings is 1. The number of allylic oxidation sites excluding steroid dienone is 1. The SMILES string of the molecule is C=C=C(CCc1ccccc1)[Si](C)(C)C(C)(C)C. The molecule has 0 bridgehead atoms. The Hall–Kier alpha value is -1.04. The van der Waals surface area contributed by atoms with E-state index < -0.39 is 8.07 Å². The number of aryl methyl sites for hydroxylation is 1. The minimum absolute atomic E-state index is 0.365. The molecule has 0 radical (unpaired) electrons. The molecule has 98 valence electrons. The third-order valence-electron chi connectivity index (χ3n) is 4.35. The van der Waals surface area contributed by atoms with Gasteiger partial charge >= 0.3 is 0 Å². The summed E-state index contributed by atoms with van der Waals surface area (Å²) >= 11 is 0. The van der Waals surface area contributed by atoms with Crippen LogP contribution in [0.2, 0.25) is 18.1 Å². The second kappa shape index (κ2) is 5.73. The average molecular weight is 258 g/mol. The molecule has 0 aliphatic carbocycles. The molecule has 0 spiro atoms. The topological polar surface area (TPSA) is 0 Å². The van der Waals surface area contributed by atoms with Crippen LogP contribution in [-0.2, 0) is 6.42 Å². The van der Waals surface area contributed by atoms with Crippen molar-refractivity contribution in [3.05, 3.63) is 53.4 Å². The van der Waals surface area contributed by atoms with Crippen LogP contribution in [0.15, 0.2) is 47.8 Å². The molecular weight excluding hydrogens is 232 g/mol. The van der Waals surface area contributed by atoms with Crippen LogP contribution in [-0.4, -0.2) is 8.07 Å². The van der Waals surface area contributed by atoms with E-state index in [0.717, 1.165) is 12.8 Å². The fourth-order valence-electron chi connectivity index (χ4n) is 1.99.